The third kappa shape index (κ3) is 4.19. The summed E-state index contributed by atoms with van der Waals surface area (Å²) in [5, 5.41) is 2.23. The number of anilines is 1. The molecule has 0 atom stereocenters. The summed E-state index contributed by atoms with van der Waals surface area (Å²) in [6, 6.07) is 0. The molecule has 2 N–H and O–H groups in total. The van der Waals surface area contributed by atoms with Crippen LogP contribution in [0, 0.1) is 0 Å². The van der Waals surface area contributed by atoms with Crippen molar-refractivity contribution >= 4 is 28.0 Å². The van der Waals surface area contributed by atoms with Gasteiger partial charge < -0.3 is 10.5 Å². The quantitative estimate of drug-likeness (QED) is 0.648. The second kappa shape index (κ2) is 6.39. The predicted octanol–water partition coefficient (Wildman–Crippen LogP) is 2.86. The van der Waals surface area contributed by atoms with Gasteiger partial charge in [0.25, 0.3) is 0 Å². The number of carbonyl (C=O) groups excluding carboxylic acids is 1. The summed E-state index contributed by atoms with van der Waals surface area (Å²) in [6.07, 6.45) is 3.51. The smallest absolute Gasteiger partial charge is 0.340 e. The highest BCUT2D eigenvalue weighted by molar-refractivity contribution is 7.13. The number of nitrogen functional groups attached to an aromatic ring is 1. The Morgan fingerprint density at radius 3 is 2.82 bits per heavy atom. The number of rotatable bonds is 5. The summed E-state index contributed by atoms with van der Waals surface area (Å²) in [6.45, 7) is 5.70. The predicted molar refractivity (Wildman–Crippen MR) is 70.6 cm³/mol. The highest BCUT2D eigenvalue weighted by Gasteiger charge is 2.17. The fraction of sp³-hybridized carbons (Fsp3) is 0.500. The number of carbonyl (C=O) groups is 1. The van der Waals surface area contributed by atoms with Gasteiger partial charge in [-0.1, -0.05) is 19.4 Å². The van der Waals surface area contributed by atoms with Crippen LogP contribution >= 0.6 is 11.3 Å². The van der Waals surface area contributed by atoms with Crippen LogP contribution in [-0.2, 0) is 9.53 Å². The lowest BCUT2D eigenvalue weighted by Gasteiger charge is -2.09. The number of thiazole rings is 1. The van der Waals surface area contributed by atoms with E-state index in [1.54, 1.807) is 5.38 Å². The van der Waals surface area contributed by atoms with E-state index in [2.05, 4.69) is 11.9 Å². The van der Waals surface area contributed by atoms with Gasteiger partial charge in [0.2, 0.25) is 0 Å². The van der Waals surface area contributed by atoms with Crippen LogP contribution in [0.1, 0.15) is 39.3 Å². The van der Waals surface area contributed by atoms with Crippen LogP contribution in [0.25, 0.3) is 5.57 Å². The Bertz CT molecular complexity index is 410. The van der Waals surface area contributed by atoms with E-state index in [4.69, 9.17) is 10.5 Å². The summed E-state index contributed by atoms with van der Waals surface area (Å²) in [4.78, 5) is 16.0. The van der Waals surface area contributed by atoms with Crippen LogP contribution in [0.15, 0.2) is 11.5 Å². The third-order valence-electron chi connectivity index (χ3n) is 2.00. The second-order valence-corrected chi connectivity index (χ2v) is 4.82. The largest absolute Gasteiger partial charge is 0.459 e. The molecule has 0 amide bonds. The first-order valence-electron chi connectivity index (χ1n) is 5.67. The van der Waals surface area contributed by atoms with Crippen LogP contribution in [-0.4, -0.2) is 17.1 Å². The number of hydrogen-bond acceptors (Lipinski definition) is 5. The molecule has 0 spiro atoms. The minimum absolute atomic E-state index is 0.136. The lowest BCUT2D eigenvalue weighted by atomic mass is 10.1. The summed E-state index contributed by atoms with van der Waals surface area (Å²) in [5.41, 5.74) is 6.69. The van der Waals surface area contributed by atoms with Crippen molar-refractivity contribution in [1.29, 1.82) is 0 Å². The van der Waals surface area contributed by atoms with E-state index in [1.807, 2.05) is 19.9 Å². The number of allylic oxidation sites excluding steroid dienone is 1. The average molecular weight is 254 g/mol. The van der Waals surface area contributed by atoms with E-state index in [-0.39, 0.29) is 12.1 Å². The molecule has 0 aliphatic rings. The maximum atomic E-state index is 11.9. The van der Waals surface area contributed by atoms with Crippen molar-refractivity contribution in [3.8, 4) is 0 Å². The van der Waals surface area contributed by atoms with E-state index in [0.717, 1.165) is 12.8 Å². The topological polar surface area (TPSA) is 65.2 Å². The zero-order valence-corrected chi connectivity index (χ0v) is 11.2. The summed E-state index contributed by atoms with van der Waals surface area (Å²) >= 11 is 1.32. The van der Waals surface area contributed by atoms with Crippen molar-refractivity contribution in [2.24, 2.45) is 0 Å². The molecule has 5 heteroatoms. The van der Waals surface area contributed by atoms with Crippen molar-refractivity contribution in [3.05, 3.63) is 17.2 Å². The first-order chi connectivity index (χ1) is 8.04. The number of nitrogens with zero attached hydrogens (tertiary/aromatic N) is 1. The van der Waals surface area contributed by atoms with E-state index < -0.39 is 0 Å². The Morgan fingerprint density at radius 1 is 1.65 bits per heavy atom. The van der Waals surface area contributed by atoms with Gasteiger partial charge in [0, 0.05) is 5.38 Å². The Morgan fingerprint density at radius 2 is 2.35 bits per heavy atom. The minimum atomic E-state index is -0.334. The molecule has 0 radical (unpaired) electrons. The minimum Gasteiger partial charge on any atom is -0.459 e. The van der Waals surface area contributed by atoms with Crippen molar-refractivity contribution in [3.63, 3.8) is 0 Å². The zero-order valence-electron chi connectivity index (χ0n) is 10.4. The molecular formula is C12H18N2O2S. The standard InChI is InChI=1S/C12H18N2O2S/c1-4-5-6-9(11(15)16-8(2)3)10-7-17-12(13)14-10/h6-8H,4-5H2,1-3H3,(H2,13,14)/b9-6+. The number of ether oxygens (including phenoxy) is 1. The van der Waals surface area contributed by atoms with Crippen LogP contribution in [0.3, 0.4) is 0 Å². The second-order valence-electron chi connectivity index (χ2n) is 3.93. The molecule has 17 heavy (non-hydrogen) atoms. The van der Waals surface area contributed by atoms with Crippen molar-refractivity contribution in [1.82, 2.24) is 4.98 Å². The molecule has 0 aromatic carbocycles. The molecule has 0 fully saturated rings. The highest BCUT2D eigenvalue weighted by atomic mass is 32.1. The molecule has 94 valence electrons. The molecule has 0 bridgehead atoms. The van der Waals surface area contributed by atoms with Crippen molar-refractivity contribution in [2.45, 2.75) is 39.7 Å². The summed E-state index contributed by atoms with van der Waals surface area (Å²) < 4.78 is 5.19. The number of aromatic nitrogens is 1. The molecule has 1 heterocycles. The van der Waals surface area contributed by atoms with E-state index in [0.29, 0.717) is 16.4 Å². The van der Waals surface area contributed by atoms with Gasteiger partial charge in [-0.15, -0.1) is 11.3 Å². The lowest BCUT2D eigenvalue weighted by Crippen LogP contribution is -2.13. The highest BCUT2D eigenvalue weighted by Crippen LogP contribution is 2.21. The Kier molecular flexibility index (Phi) is 5.15. The van der Waals surface area contributed by atoms with Crippen LogP contribution in [0.5, 0.6) is 0 Å². The van der Waals surface area contributed by atoms with Crippen LogP contribution in [0.4, 0.5) is 5.13 Å². The van der Waals surface area contributed by atoms with Gasteiger partial charge in [-0.05, 0) is 20.3 Å². The van der Waals surface area contributed by atoms with Gasteiger partial charge in [0.15, 0.2) is 5.13 Å². The molecule has 0 unspecified atom stereocenters. The third-order valence-corrected chi connectivity index (χ3v) is 2.67. The molecule has 0 saturated heterocycles. The van der Waals surface area contributed by atoms with Crippen LogP contribution in [0.2, 0.25) is 0 Å². The first-order valence-corrected chi connectivity index (χ1v) is 6.55. The zero-order chi connectivity index (χ0) is 12.8. The van der Waals surface area contributed by atoms with Gasteiger partial charge in [-0.3, -0.25) is 0 Å². The van der Waals surface area contributed by atoms with Crippen molar-refractivity contribution < 1.29 is 9.53 Å². The lowest BCUT2D eigenvalue weighted by molar-refractivity contribution is -0.140. The molecule has 1 aromatic heterocycles. The molecule has 1 rings (SSSR count). The molecule has 1 aromatic rings. The molecule has 0 aliphatic carbocycles. The van der Waals surface area contributed by atoms with Crippen molar-refractivity contribution in [2.75, 3.05) is 5.73 Å². The summed E-state index contributed by atoms with van der Waals surface area (Å²) in [5.74, 6) is -0.334. The molecule has 0 saturated carbocycles. The fourth-order valence-electron chi connectivity index (χ4n) is 1.27. The Labute approximate surface area is 106 Å². The first kappa shape index (κ1) is 13.7. The number of nitrogens with two attached hydrogens (primary N) is 1. The Hall–Kier alpha value is -1.36. The number of unbranched alkanes of at least 4 members (excludes halogenated alkanes) is 1. The normalized spacial score (nSPS) is 11.9. The number of esters is 1. The summed E-state index contributed by atoms with van der Waals surface area (Å²) in [7, 11) is 0. The van der Waals surface area contributed by atoms with Gasteiger partial charge in [-0.25, -0.2) is 9.78 Å². The van der Waals surface area contributed by atoms with Gasteiger partial charge in [0.1, 0.15) is 0 Å². The van der Waals surface area contributed by atoms with Gasteiger partial charge >= 0.3 is 5.97 Å². The van der Waals surface area contributed by atoms with Gasteiger partial charge in [0.05, 0.1) is 17.4 Å². The molecular weight excluding hydrogens is 236 g/mol. The maximum absolute atomic E-state index is 11.9. The van der Waals surface area contributed by atoms with E-state index in [1.165, 1.54) is 11.3 Å². The fourth-order valence-corrected chi connectivity index (χ4v) is 1.83. The average Bonchev–Trinajstić information content (AvgIpc) is 2.64. The van der Waals surface area contributed by atoms with E-state index >= 15 is 0 Å². The SMILES string of the molecule is CCC/C=C(/C(=O)OC(C)C)c1csc(N)n1. The monoisotopic (exact) mass is 254 g/mol. The Balaban J connectivity index is 2.92. The molecule has 0 aliphatic heterocycles. The number of hydrogen-bond donors (Lipinski definition) is 1. The molecule has 4 nitrogen and oxygen atoms in total. The maximum Gasteiger partial charge on any atom is 0.340 e. The van der Waals surface area contributed by atoms with E-state index in [9.17, 15) is 4.79 Å². The van der Waals surface area contributed by atoms with Gasteiger partial charge in [-0.2, -0.15) is 0 Å². The van der Waals surface area contributed by atoms with Crippen LogP contribution < -0.4 is 5.73 Å².